The summed E-state index contributed by atoms with van der Waals surface area (Å²) in [7, 11) is 0. The van der Waals surface area contributed by atoms with Crippen LogP contribution in [0.25, 0.3) is 0 Å². The molecule has 43 heavy (non-hydrogen) atoms. The number of hydrogen-bond donors (Lipinski definition) is 1. The standard InChI is InChI=1S/C32H51N3O8/c1-4-5-6-7-8-9-10-13-23-39-24-32-29(42-31(2,3)43-32)28(27(41-32)15-14-22-34-20-11-12-21-34)40-30(36)33-25-16-18-26(19-17-25)35(37)38/h16-19,27-29H,4-15,20-24H2,1-3H3,(H,33,36)/t27-,28+,29-,32-/m0/s1. The zero-order valence-corrected chi connectivity index (χ0v) is 26.2. The summed E-state index contributed by atoms with van der Waals surface area (Å²) in [6.07, 6.45) is 11.3. The average Bonchev–Trinajstić information content (AvgIpc) is 3.64. The van der Waals surface area contributed by atoms with E-state index in [1.807, 2.05) is 13.8 Å². The lowest BCUT2D eigenvalue weighted by Gasteiger charge is -2.29. The highest BCUT2D eigenvalue weighted by atomic mass is 16.9. The molecule has 0 aliphatic carbocycles. The minimum atomic E-state index is -1.18. The number of unbranched alkanes of at least 4 members (excludes halogenated alkanes) is 7. The van der Waals surface area contributed by atoms with Crippen molar-refractivity contribution in [2.75, 3.05) is 38.2 Å². The van der Waals surface area contributed by atoms with Gasteiger partial charge in [-0.2, -0.15) is 0 Å². The molecule has 242 valence electrons. The van der Waals surface area contributed by atoms with Gasteiger partial charge in [-0.3, -0.25) is 15.4 Å². The molecule has 1 N–H and O–H groups in total. The summed E-state index contributed by atoms with van der Waals surface area (Å²) in [6, 6.07) is 5.61. The Balaban J connectivity index is 1.36. The van der Waals surface area contributed by atoms with Crippen LogP contribution in [0.4, 0.5) is 16.2 Å². The van der Waals surface area contributed by atoms with E-state index in [0.29, 0.717) is 18.7 Å². The topological polar surface area (TPSA) is 122 Å². The van der Waals surface area contributed by atoms with Crippen molar-refractivity contribution < 1.29 is 33.4 Å². The van der Waals surface area contributed by atoms with Crippen molar-refractivity contribution >= 4 is 17.5 Å². The van der Waals surface area contributed by atoms with E-state index in [2.05, 4.69) is 17.1 Å². The lowest BCUT2D eigenvalue weighted by Crippen LogP contribution is -2.46. The Hall–Kier alpha value is -2.31. The number of nitrogens with one attached hydrogen (secondary N) is 1. The predicted molar refractivity (Wildman–Crippen MR) is 163 cm³/mol. The Morgan fingerprint density at radius 2 is 1.70 bits per heavy atom. The highest BCUT2D eigenvalue weighted by Crippen LogP contribution is 2.47. The molecule has 11 nitrogen and oxygen atoms in total. The van der Waals surface area contributed by atoms with Crippen molar-refractivity contribution in [1.82, 2.24) is 4.90 Å². The average molecular weight is 606 g/mol. The van der Waals surface area contributed by atoms with Gasteiger partial charge >= 0.3 is 6.09 Å². The van der Waals surface area contributed by atoms with E-state index >= 15 is 0 Å². The van der Waals surface area contributed by atoms with Gasteiger partial charge in [0.15, 0.2) is 18.0 Å². The Morgan fingerprint density at radius 1 is 1.02 bits per heavy atom. The first kappa shape index (κ1) is 33.6. The van der Waals surface area contributed by atoms with Gasteiger partial charge in [0.1, 0.15) is 12.7 Å². The summed E-state index contributed by atoms with van der Waals surface area (Å²) in [5, 5.41) is 13.7. The number of ether oxygens (including phenoxy) is 5. The third kappa shape index (κ3) is 9.84. The number of non-ortho nitro benzene ring substituents is 1. The first-order valence-electron chi connectivity index (χ1n) is 16.3. The second-order valence-electron chi connectivity index (χ2n) is 12.5. The van der Waals surface area contributed by atoms with E-state index in [9.17, 15) is 14.9 Å². The summed E-state index contributed by atoms with van der Waals surface area (Å²) < 4.78 is 31.4. The van der Waals surface area contributed by atoms with Crippen molar-refractivity contribution in [3.05, 3.63) is 34.4 Å². The van der Waals surface area contributed by atoms with Gasteiger partial charge in [0.25, 0.3) is 5.69 Å². The fourth-order valence-corrected chi connectivity index (χ4v) is 6.34. The van der Waals surface area contributed by atoms with E-state index in [-0.39, 0.29) is 12.3 Å². The smallest absolute Gasteiger partial charge is 0.412 e. The maximum atomic E-state index is 13.1. The minimum Gasteiger partial charge on any atom is -0.440 e. The maximum Gasteiger partial charge on any atom is 0.412 e. The molecule has 1 amide bonds. The van der Waals surface area contributed by atoms with Crippen molar-refractivity contribution in [3.63, 3.8) is 0 Å². The Morgan fingerprint density at radius 3 is 2.37 bits per heavy atom. The van der Waals surface area contributed by atoms with Crippen molar-refractivity contribution in [2.24, 2.45) is 0 Å². The number of benzene rings is 1. The largest absolute Gasteiger partial charge is 0.440 e. The molecular formula is C32H51N3O8. The lowest BCUT2D eigenvalue weighted by atomic mass is 10.0. The van der Waals surface area contributed by atoms with Crippen molar-refractivity contribution in [3.8, 4) is 0 Å². The normalized spacial score (nSPS) is 26.4. The third-order valence-electron chi connectivity index (χ3n) is 8.45. The first-order chi connectivity index (χ1) is 20.7. The van der Waals surface area contributed by atoms with E-state index in [1.54, 1.807) is 0 Å². The molecule has 4 rings (SSSR count). The number of rotatable bonds is 18. The molecule has 1 aromatic rings. The van der Waals surface area contributed by atoms with Crippen LogP contribution in [0.15, 0.2) is 24.3 Å². The molecule has 3 aliphatic rings. The SMILES string of the molecule is CCCCCCCCCCOC[C@@]12O[C@@H](CCCN3CCCC3)[C@@H](OC(=O)Nc3ccc([N+](=O)[O-])cc3)[C@@H]1OC(C)(C)O2. The Kier molecular flexibility index (Phi) is 12.6. The fraction of sp³-hybridized carbons (Fsp3) is 0.781. The highest BCUT2D eigenvalue weighted by molar-refractivity contribution is 5.84. The van der Waals surface area contributed by atoms with Gasteiger partial charge in [-0.25, -0.2) is 4.79 Å². The van der Waals surface area contributed by atoms with Gasteiger partial charge in [-0.1, -0.05) is 51.9 Å². The summed E-state index contributed by atoms with van der Waals surface area (Å²) in [4.78, 5) is 26.0. The van der Waals surface area contributed by atoms with E-state index < -0.39 is 40.9 Å². The quantitative estimate of drug-likeness (QED) is 0.109. The number of nitro groups is 1. The molecule has 0 radical (unpaired) electrons. The van der Waals surface area contributed by atoms with Crippen molar-refractivity contribution in [2.45, 2.75) is 128 Å². The van der Waals surface area contributed by atoms with Gasteiger partial charge in [-0.15, -0.1) is 0 Å². The van der Waals surface area contributed by atoms with Gasteiger partial charge < -0.3 is 28.6 Å². The third-order valence-corrected chi connectivity index (χ3v) is 8.45. The van der Waals surface area contributed by atoms with Crippen LogP contribution >= 0.6 is 0 Å². The number of fused-ring (bicyclic) bond motifs is 1. The highest BCUT2D eigenvalue weighted by Gasteiger charge is 2.66. The molecular weight excluding hydrogens is 554 g/mol. The number of likely N-dealkylation sites (tertiary alicyclic amines) is 1. The summed E-state index contributed by atoms with van der Waals surface area (Å²) in [6.45, 7) is 9.85. The van der Waals surface area contributed by atoms with Gasteiger partial charge in [0.05, 0.1) is 4.92 Å². The van der Waals surface area contributed by atoms with Crippen LogP contribution in [0.3, 0.4) is 0 Å². The van der Waals surface area contributed by atoms with E-state index in [0.717, 1.165) is 38.9 Å². The van der Waals surface area contributed by atoms with E-state index in [1.165, 1.54) is 75.6 Å². The second kappa shape index (κ2) is 16.1. The molecule has 3 aliphatic heterocycles. The van der Waals surface area contributed by atoms with Crippen molar-refractivity contribution in [1.29, 1.82) is 0 Å². The lowest BCUT2D eigenvalue weighted by molar-refractivity contribution is -0.384. The van der Waals surface area contributed by atoms with E-state index in [4.69, 9.17) is 23.7 Å². The van der Waals surface area contributed by atoms with Crippen LogP contribution in [0.2, 0.25) is 0 Å². The number of amides is 1. The fourth-order valence-electron chi connectivity index (χ4n) is 6.34. The van der Waals surface area contributed by atoms with Gasteiger partial charge in [-0.05, 0) is 77.7 Å². The van der Waals surface area contributed by atoms with Crippen LogP contribution in [0, 0.1) is 10.1 Å². The van der Waals surface area contributed by atoms with Crippen LogP contribution in [-0.2, 0) is 23.7 Å². The first-order valence-corrected chi connectivity index (χ1v) is 16.3. The molecule has 1 aromatic carbocycles. The predicted octanol–water partition coefficient (Wildman–Crippen LogP) is 6.79. The molecule has 0 bridgehead atoms. The maximum absolute atomic E-state index is 13.1. The number of anilines is 1. The zero-order valence-electron chi connectivity index (χ0n) is 26.2. The molecule has 3 heterocycles. The molecule has 11 heteroatoms. The molecule has 0 spiro atoms. The monoisotopic (exact) mass is 605 g/mol. The molecule has 3 fully saturated rings. The zero-order chi connectivity index (χ0) is 30.7. The molecule has 0 unspecified atom stereocenters. The summed E-state index contributed by atoms with van der Waals surface area (Å²) in [5.74, 6) is -2.12. The summed E-state index contributed by atoms with van der Waals surface area (Å²) in [5.41, 5.74) is 0.334. The number of hydrogen-bond acceptors (Lipinski definition) is 9. The number of nitrogens with zero attached hydrogens (tertiary/aromatic N) is 2. The molecule has 4 atom stereocenters. The number of nitro benzene ring substituents is 1. The minimum absolute atomic E-state index is 0.0586. The molecule has 0 saturated carbocycles. The molecule has 0 aromatic heterocycles. The van der Waals surface area contributed by atoms with Gasteiger partial charge in [0.2, 0.25) is 5.79 Å². The summed E-state index contributed by atoms with van der Waals surface area (Å²) >= 11 is 0. The Bertz CT molecular complexity index is 1020. The van der Waals surface area contributed by atoms with Crippen LogP contribution in [0.5, 0.6) is 0 Å². The number of carbonyl (C=O) groups is 1. The Labute approximate surface area is 256 Å². The van der Waals surface area contributed by atoms with Gasteiger partial charge in [0, 0.05) is 24.4 Å². The van der Waals surface area contributed by atoms with Crippen LogP contribution < -0.4 is 5.32 Å². The number of carbonyl (C=O) groups excluding carboxylic acids is 1. The van der Waals surface area contributed by atoms with Crippen LogP contribution in [0.1, 0.15) is 97.8 Å². The van der Waals surface area contributed by atoms with Crippen LogP contribution in [-0.4, -0.2) is 78.7 Å². The second-order valence-corrected chi connectivity index (χ2v) is 12.5. The molecule has 3 saturated heterocycles.